The summed E-state index contributed by atoms with van der Waals surface area (Å²) in [6, 6.07) is 62.6. The summed E-state index contributed by atoms with van der Waals surface area (Å²) in [4.78, 5) is 10.5. The Morgan fingerprint density at radius 1 is 0.347 bits per heavy atom. The Morgan fingerprint density at radius 3 is 1.86 bits per heavy atom. The molecule has 228 valence electrons. The molecular formula is C46H29N3. The molecule has 10 rings (SSSR count). The van der Waals surface area contributed by atoms with E-state index in [2.05, 4.69) is 174 Å². The Hall–Kier alpha value is -6.58. The highest BCUT2D eigenvalue weighted by molar-refractivity contribution is 6.14. The number of nitrogens with zero attached hydrogens (tertiary/aromatic N) is 3. The van der Waals surface area contributed by atoms with Gasteiger partial charge in [-0.2, -0.15) is 0 Å². The van der Waals surface area contributed by atoms with Crippen LogP contribution in [0.1, 0.15) is 0 Å². The van der Waals surface area contributed by atoms with E-state index in [1.165, 1.54) is 48.7 Å². The summed E-state index contributed by atoms with van der Waals surface area (Å²) in [5.41, 5.74) is 8.45. The van der Waals surface area contributed by atoms with E-state index in [0.717, 1.165) is 39.2 Å². The third-order valence-electron chi connectivity index (χ3n) is 9.76. The molecule has 3 heteroatoms. The predicted molar refractivity (Wildman–Crippen MR) is 205 cm³/mol. The highest BCUT2D eigenvalue weighted by Gasteiger charge is 2.17. The molecule has 0 saturated carbocycles. The number of rotatable bonds is 4. The molecule has 49 heavy (non-hydrogen) atoms. The van der Waals surface area contributed by atoms with Crippen LogP contribution in [0, 0.1) is 0 Å². The summed E-state index contributed by atoms with van der Waals surface area (Å²) in [5.74, 6) is 0.703. The molecular weight excluding hydrogens is 595 g/mol. The van der Waals surface area contributed by atoms with Crippen LogP contribution in [0.25, 0.3) is 93.7 Å². The van der Waals surface area contributed by atoms with E-state index in [1.807, 2.05) is 6.07 Å². The molecule has 2 heterocycles. The Balaban J connectivity index is 1.23. The molecule has 3 nitrogen and oxygen atoms in total. The molecule has 0 amide bonds. The van der Waals surface area contributed by atoms with E-state index < -0.39 is 0 Å². The molecule has 0 fully saturated rings. The van der Waals surface area contributed by atoms with E-state index in [4.69, 9.17) is 9.97 Å². The van der Waals surface area contributed by atoms with Crippen molar-refractivity contribution < 1.29 is 0 Å². The Morgan fingerprint density at radius 2 is 1.00 bits per heavy atom. The van der Waals surface area contributed by atoms with Gasteiger partial charge in [-0.05, 0) is 63.3 Å². The van der Waals surface area contributed by atoms with Crippen LogP contribution >= 0.6 is 0 Å². The lowest BCUT2D eigenvalue weighted by atomic mass is 10.00. The number of hydrogen-bond acceptors (Lipinski definition) is 2. The maximum absolute atomic E-state index is 5.26. The molecule has 0 aliphatic heterocycles. The van der Waals surface area contributed by atoms with Crippen LogP contribution in [0.3, 0.4) is 0 Å². The summed E-state index contributed by atoms with van der Waals surface area (Å²) in [5, 5.41) is 9.65. The van der Waals surface area contributed by atoms with Crippen molar-refractivity contribution in [2.45, 2.75) is 0 Å². The fourth-order valence-corrected chi connectivity index (χ4v) is 7.42. The zero-order chi connectivity index (χ0) is 32.3. The first-order chi connectivity index (χ1) is 24.3. The molecule has 0 bridgehead atoms. The van der Waals surface area contributed by atoms with Gasteiger partial charge in [0, 0.05) is 32.8 Å². The van der Waals surface area contributed by atoms with Gasteiger partial charge in [0.05, 0.1) is 28.1 Å². The second-order valence-electron chi connectivity index (χ2n) is 12.6. The van der Waals surface area contributed by atoms with E-state index in [1.54, 1.807) is 0 Å². The quantitative estimate of drug-likeness (QED) is 0.195. The first kappa shape index (κ1) is 27.5. The third kappa shape index (κ3) is 4.51. The Kier molecular flexibility index (Phi) is 6.18. The van der Waals surface area contributed by atoms with Gasteiger partial charge in [-0.25, -0.2) is 9.97 Å². The molecule has 0 saturated heterocycles. The maximum atomic E-state index is 5.26. The molecule has 0 spiro atoms. The summed E-state index contributed by atoms with van der Waals surface area (Å²) in [7, 11) is 0. The lowest BCUT2D eigenvalue weighted by Gasteiger charge is -2.14. The van der Waals surface area contributed by atoms with Crippen LogP contribution in [-0.2, 0) is 0 Å². The lowest BCUT2D eigenvalue weighted by Crippen LogP contribution is -1.98. The lowest BCUT2D eigenvalue weighted by molar-refractivity contribution is 1.18. The van der Waals surface area contributed by atoms with Gasteiger partial charge in [0.1, 0.15) is 0 Å². The Labute approximate surface area is 283 Å². The second-order valence-corrected chi connectivity index (χ2v) is 12.6. The van der Waals surface area contributed by atoms with Gasteiger partial charge in [-0.15, -0.1) is 0 Å². The summed E-state index contributed by atoms with van der Waals surface area (Å²) >= 11 is 0. The van der Waals surface area contributed by atoms with Crippen LogP contribution in [-0.4, -0.2) is 14.5 Å². The minimum Gasteiger partial charge on any atom is -0.309 e. The van der Waals surface area contributed by atoms with Crippen molar-refractivity contribution in [3.63, 3.8) is 0 Å². The van der Waals surface area contributed by atoms with Crippen molar-refractivity contribution in [2.24, 2.45) is 0 Å². The fourth-order valence-electron chi connectivity index (χ4n) is 7.42. The van der Waals surface area contributed by atoms with Gasteiger partial charge in [-0.3, -0.25) is 0 Å². The minimum absolute atomic E-state index is 0.703. The molecule has 0 aliphatic carbocycles. The number of para-hydroxylation sites is 1. The maximum Gasteiger partial charge on any atom is 0.160 e. The van der Waals surface area contributed by atoms with Crippen molar-refractivity contribution in [1.82, 2.24) is 14.5 Å². The third-order valence-corrected chi connectivity index (χ3v) is 9.76. The van der Waals surface area contributed by atoms with Gasteiger partial charge in [0.25, 0.3) is 0 Å². The van der Waals surface area contributed by atoms with Gasteiger partial charge < -0.3 is 4.57 Å². The van der Waals surface area contributed by atoms with Gasteiger partial charge in [0.2, 0.25) is 0 Å². The smallest absolute Gasteiger partial charge is 0.160 e. The van der Waals surface area contributed by atoms with Crippen LogP contribution in [0.2, 0.25) is 0 Å². The summed E-state index contributed by atoms with van der Waals surface area (Å²) < 4.78 is 2.42. The van der Waals surface area contributed by atoms with Crippen molar-refractivity contribution in [3.8, 4) is 39.6 Å². The standard InChI is InChI=1S/C46H29N3/c1-2-13-32(14-3-1)41-29-42(37-21-10-17-30-12-6-7-19-36(30)37)48-46(47-41)35-25-24-31-18-11-23-44(39(31)27-35)49-43-22-9-8-20-38(43)40-26-33-15-4-5-16-34(33)28-45(40)49/h1-29H. The first-order valence-electron chi connectivity index (χ1n) is 16.7. The molecule has 0 radical (unpaired) electrons. The second kappa shape index (κ2) is 11.0. The fraction of sp³-hybridized carbons (Fsp3) is 0. The van der Waals surface area contributed by atoms with Crippen molar-refractivity contribution in [2.75, 3.05) is 0 Å². The highest BCUT2D eigenvalue weighted by Crippen LogP contribution is 2.38. The number of benzene rings is 8. The molecule has 0 unspecified atom stereocenters. The van der Waals surface area contributed by atoms with E-state index >= 15 is 0 Å². The number of aromatic nitrogens is 3. The monoisotopic (exact) mass is 623 g/mol. The average molecular weight is 624 g/mol. The van der Waals surface area contributed by atoms with E-state index in [-0.39, 0.29) is 0 Å². The van der Waals surface area contributed by atoms with E-state index in [0.29, 0.717) is 5.82 Å². The van der Waals surface area contributed by atoms with E-state index in [9.17, 15) is 0 Å². The molecule has 0 N–H and O–H groups in total. The van der Waals surface area contributed by atoms with Crippen LogP contribution in [0.4, 0.5) is 0 Å². The van der Waals surface area contributed by atoms with Gasteiger partial charge >= 0.3 is 0 Å². The molecule has 10 aromatic rings. The summed E-state index contributed by atoms with van der Waals surface area (Å²) in [6.07, 6.45) is 0. The minimum atomic E-state index is 0.703. The number of hydrogen-bond donors (Lipinski definition) is 0. The molecule has 8 aromatic carbocycles. The van der Waals surface area contributed by atoms with Gasteiger partial charge in [-0.1, -0.05) is 140 Å². The molecule has 2 aromatic heterocycles. The zero-order valence-corrected chi connectivity index (χ0v) is 26.6. The summed E-state index contributed by atoms with van der Waals surface area (Å²) in [6.45, 7) is 0. The van der Waals surface area contributed by atoms with Crippen molar-refractivity contribution in [3.05, 3.63) is 176 Å². The zero-order valence-electron chi connectivity index (χ0n) is 26.6. The van der Waals surface area contributed by atoms with Crippen molar-refractivity contribution in [1.29, 1.82) is 0 Å². The van der Waals surface area contributed by atoms with Crippen LogP contribution in [0.5, 0.6) is 0 Å². The molecule has 0 atom stereocenters. The normalized spacial score (nSPS) is 11.7. The number of fused-ring (bicyclic) bond motifs is 6. The van der Waals surface area contributed by atoms with Gasteiger partial charge in [0.15, 0.2) is 5.82 Å². The molecule has 0 aliphatic rings. The van der Waals surface area contributed by atoms with Crippen LogP contribution < -0.4 is 0 Å². The Bertz CT molecular complexity index is 2880. The largest absolute Gasteiger partial charge is 0.309 e. The average Bonchev–Trinajstić information content (AvgIpc) is 3.49. The van der Waals surface area contributed by atoms with Crippen molar-refractivity contribution >= 4 is 54.1 Å². The topological polar surface area (TPSA) is 30.7 Å². The predicted octanol–water partition coefficient (Wildman–Crippen LogP) is 12.0. The van der Waals surface area contributed by atoms with Crippen LogP contribution in [0.15, 0.2) is 176 Å². The highest BCUT2D eigenvalue weighted by atomic mass is 15.0. The SMILES string of the molecule is c1ccc(-c2cc(-c3cccc4ccccc34)nc(-c3ccc4cccc(-n5c6ccccc6c6cc7ccccc7cc65)c4c3)n2)cc1. The first-order valence-corrected chi connectivity index (χ1v) is 16.7.